The first-order valence-electron chi connectivity index (χ1n) is 15.4. The molecular weight excluding hydrogens is 660 g/mol. The third-order valence-electron chi connectivity index (χ3n) is 7.96. The van der Waals surface area contributed by atoms with Crippen LogP contribution in [0.3, 0.4) is 0 Å². The molecule has 2 atom stereocenters. The number of rotatable bonds is 15. The van der Waals surface area contributed by atoms with Crippen LogP contribution >= 0.6 is 15.9 Å². The second kappa shape index (κ2) is 16.2. The Bertz CT molecular complexity index is 1740. The van der Waals surface area contributed by atoms with Crippen LogP contribution in [0.5, 0.6) is 5.75 Å². The minimum absolute atomic E-state index is 0.0517. The van der Waals surface area contributed by atoms with E-state index in [1.165, 1.54) is 5.56 Å². The zero-order chi connectivity index (χ0) is 33.1. The second-order valence-electron chi connectivity index (χ2n) is 11.3. The first-order chi connectivity index (χ1) is 22.9. The normalized spacial score (nSPS) is 16.9. The average molecular weight is 698 g/mol. The van der Waals surface area contributed by atoms with Crippen LogP contribution in [0.25, 0.3) is 10.4 Å². The summed E-state index contributed by atoms with van der Waals surface area (Å²) in [6.07, 6.45) is 0.616. The number of hydrogen-bond acceptors (Lipinski definition) is 7. The number of nitrogens with zero attached hydrogens (tertiary/aromatic N) is 4. The van der Waals surface area contributed by atoms with Gasteiger partial charge in [-0.25, -0.2) is 10.4 Å². The van der Waals surface area contributed by atoms with Crippen molar-refractivity contribution in [3.63, 3.8) is 0 Å². The molecule has 1 aliphatic heterocycles. The van der Waals surface area contributed by atoms with E-state index in [1.54, 1.807) is 0 Å². The van der Waals surface area contributed by atoms with Crippen LogP contribution < -0.4 is 15.6 Å². The molecule has 47 heavy (non-hydrogen) atoms. The summed E-state index contributed by atoms with van der Waals surface area (Å²) in [6.45, 7) is 3.14. The number of nitrogens with one attached hydrogen (secondary N) is 2. The molecule has 1 amide bonds. The van der Waals surface area contributed by atoms with E-state index in [9.17, 15) is 4.79 Å². The number of hydrogen-bond donors (Lipinski definition) is 3. The van der Waals surface area contributed by atoms with Gasteiger partial charge in [-0.2, -0.15) is 0 Å². The third-order valence-corrected chi connectivity index (χ3v) is 8.68. The summed E-state index contributed by atoms with van der Waals surface area (Å²) in [4.78, 5) is 22.6. The summed E-state index contributed by atoms with van der Waals surface area (Å²) < 4.78 is 13.1. The second-order valence-corrected chi connectivity index (χ2v) is 12.1. The van der Waals surface area contributed by atoms with Crippen LogP contribution in [0.2, 0.25) is 0 Å². The van der Waals surface area contributed by atoms with E-state index in [1.807, 2.05) is 79.7 Å². The number of hydrazine groups is 1. The molecule has 0 unspecified atom stereocenters. The number of benzene rings is 4. The fraction of sp³-hybridized carbons (Fsp3) is 0.278. The molecule has 0 radical (unpaired) electrons. The Morgan fingerprint density at radius 3 is 2.49 bits per heavy atom. The maximum atomic E-state index is 14.5. The number of aryl methyl sites for hydroxylation is 1. The number of halogens is 1. The van der Waals surface area contributed by atoms with Crippen molar-refractivity contribution in [1.82, 2.24) is 10.9 Å². The molecule has 242 valence electrons. The number of ether oxygens (including phenoxy) is 2. The van der Waals surface area contributed by atoms with E-state index in [4.69, 9.17) is 25.1 Å². The van der Waals surface area contributed by atoms with Gasteiger partial charge in [0, 0.05) is 46.5 Å². The predicted octanol–water partition coefficient (Wildman–Crippen LogP) is 6.69. The van der Waals surface area contributed by atoms with Gasteiger partial charge in [-0.15, -0.1) is 0 Å². The van der Waals surface area contributed by atoms with Crippen LogP contribution in [0.15, 0.2) is 112 Å². The van der Waals surface area contributed by atoms with Crippen LogP contribution in [-0.2, 0) is 28.9 Å². The standard InChI is InChI=1S/C36H37BrN6O4/c1-25-11-13-26(14-12-25)19-20-39-42-35(45)36(23-28-7-2-3-8-29(28)24-40-43-38)33(31-9-4-5-10-32(31)37)47-34(41-36)27-15-17-30(18-16-27)46-22-6-21-44/h2-5,7-18,33,39,44H,6,19-24H2,1H3,(H,42,45)/t33-,36-/m0/s1. The van der Waals surface area contributed by atoms with Gasteiger partial charge < -0.3 is 14.6 Å². The van der Waals surface area contributed by atoms with E-state index in [0.29, 0.717) is 43.2 Å². The SMILES string of the molecule is Cc1ccc(CCNNC(=O)[C@@]2(Cc3ccccc3CN=[N+]=[N-])N=C(c3ccc(OCCCO)cc3)O[C@H]2c2ccccc2Br)cc1. The first-order valence-corrected chi connectivity index (χ1v) is 16.2. The fourth-order valence-corrected chi connectivity index (χ4v) is 5.93. The average Bonchev–Trinajstić information content (AvgIpc) is 3.47. The maximum absolute atomic E-state index is 14.5. The highest BCUT2D eigenvalue weighted by molar-refractivity contribution is 9.10. The Balaban J connectivity index is 1.52. The zero-order valence-electron chi connectivity index (χ0n) is 26.1. The maximum Gasteiger partial charge on any atom is 0.266 e. The van der Waals surface area contributed by atoms with E-state index >= 15 is 0 Å². The molecule has 4 aromatic carbocycles. The van der Waals surface area contributed by atoms with Gasteiger partial charge in [-0.1, -0.05) is 93.3 Å². The van der Waals surface area contributed by atoms with Gasteiger partial charge in [0.2, 0.25) is 5.90 Å². The lowest BCUT2D eigenvalue weighted by atomic mass is 9.81. The largest absolute Gasteiger partial charge is 0.494 e. The van der Waals surface area contributed by atoms with Crippen molar-refractivity contribution in [3.8, 4) is 5.75 Å². The van der Waals surface area contributed by atoms with Gasteiger partial charge in [0.25, 0.3) is 5.91 Å². The molecule has 1 heterocycles. The molecule has 11 heteroatoms. The summed E-state index contributed by atoms with van der Waals surface area (Å²) in [5, 5.41) is 12.9. The monoisotopic (exact) mass is 696 g/mol. The lowest BCUT2D eigenvalue weighted by Gasteiger charge is -2.32. The molecule has 10 nitrogen and oxygen atoms in total. The summed E-state index contributed by atoms with van der Waals surface area (Å²) >= 11 is 3.68. The van der Waals surface area contributed by atoms with Crippen LogP contribution in [0.1, 0.15) is 45.9 Å². The molecule has 3 N–H and O–H groups in total. The molecular formula is C36H37BrN6O4. The van der Waals surface area contributed by atoms with Crippen molar-refractivity contribution in [2.24, 2.45) is 10.1 Å². The molecule has 0 saturated heterocycles. The van der Waals surface area contributed by atoms with Crippen molar-refractivity contribution in [2.45, 2.75) is 44.4 Å². The molecule has 4 aromatic rings. The van der Waals surface area contributed by atoms with E-state index < -0.39 is 11.6 Å². The smallest absolute Gasteiger partial charge is 0.266 e. The van der Waals surface area contributed by atoms with Crippen LogP contribution in [0.4, 0.5) is 0 Å². The van der Waals surface area contributed by atoms with E-state index in [-0.39, 0.29) is 25.5 Å². The molecule has 5 rings (SSSR count). The minimum atomic E-state index is -1.45. The molecule has 0 aliphatic carbocycles. The number of aliphatic hydroxyl groups excluding tert-OH is 1. The molecule has 0 aromatic heterocycles. The first kappa shape index (κ1) is 33.7. The Kier molecular flexibility index (Phi) is 11.6. The topological polar surface area (TPSA) is 141 Å². The van der Waals surface area contributed by atoms with Gasteiger partial charge in [0.15, 0.2) is 11.6 Å². The van der Waals surface area contributed by atoms with Gasteiger partial charge in [0.1, 0.15) is 5.75 Å². The van der Waals surface area contributed by atoms with Crippen molar-refractivity contribution in [3.05, 3.63) is 145 Å². The van der Waals surface area contributed by atoms with Crippen molar-refractivity contribution in [2.75, 3.05) is 19.8 Å². The summed E-state index contributed by atoms with van der Waals surface area (Å²) in [5.41, 5.74) is 19.1. The fourth-order valence-electron chi connectivity index (χ4n) is 5.44. The van der Waals surface area contributed by atoms with E-state index in [2.05, 4.69) is 61.1 Å². The van der Waals surface area contributed by atoms with Crippen molar-refractivity contribution >= 4 is 27.7 Å². The van der Waals surface area contributed by atoms with Gasteiger partial charge in [0.05, 0.1) is 13.2 Å². The Labute approximate surface area is 282 Å². The summed E-state index contributed by atoms with van der Waals surface area (Å²) in [6, 6.07) is 30.8. The van der Waals surface area contributed by atoms with Crippen molar-refractivity contribution in [1.29, 1.82) is 0 Å². The molecule has 0 bridgehead atoms. The summed E-state index contributed by atoms with van der Waals surface area (Å²) in [7, 11) is 0. The highest BCUT2D eigenvalue weighted by Gasteiger charge is 2.54. The van der Waals surface area contributed by atoms with Gasteiger partial charge >= 0.3 is 0 Å². The molecule has 0 saturated carbocycles. The Morgan fingerprint density at radius 2 is 1.77 bits per heavy atom. The molecule has 0 fully saturated rings. The quantitative estimate of drug-likeness (QED) is 0.0418. The lowest BCUT2D eigenvalue weighted by molar-refractivity contribution is -0.130. The highest BCUT2D eigenvalue weighted by Crippen LogP contribution is 2.45. The zero-order valence-corrected chi connectivity index (χ0v) is 27.7. The lowest BCUT2D eigenvalue weighted by Crippen LogP contribution is -2.54. The minimum Gasteiger partial charge on any atom is -0.494 e. The highest BCUT2D eigenvalue weighted by atomic mass is 79.9. The van der Waals surface area contributed by atoms with Crippen molar-refractivity contribution < 1.29 is 19.4 Å². The number of amides is 1. The number of aliphatic hydroxyl groups is 1. The third kappa shape index (κ3) is 8.38. The van der Waals surface area contributed by atoms with Crippen LogP contribution in [-0.4, -0.2) is 42.2 Å². The van der Waals surface area contributed by atoms with E-state index in [0.717, 1.165) is 26.7 Å². The molecule has 0 spiro atoms. The number of aliphatic imine (C=N–C) groups is 1. The van der Waals surface area contributed by atoms with Gasteiger partial charge in [-0.05, 0) is 65.9 Å². The van der Waals surface area contributed by atoms with Crippen LogP contribution in [0, 0.1) is 6.92 Å². The number of carbonyl (C=O) groups is 1. The number of azide groups is 1. The Hall–Kier alpha value is -4.67. The van der Waals surface area contributed by atoms with Gasteiger partial charge in [-0.3, -0.25) is 10.2 Å². The Morgan fingerprint density at radius 1 is 1.04 bits per heavy atom. The predicted molar refractivity (Wildman–Crippen MR) is 185 cm³/mol. The number of carbonyl (C=O) groups excluding carboxylic acids is 1. The summed E-state index contributed by atoms with van der Waals surface area (Å²) in [5.74, 6) is 0.603. The molecule has 1 aliphatic rings.